The van der Waals surface area contributed by atoms with Gasteiger partial charge in [0.1, 0.15) is 6.61 Å². The molecule has 1 heterocycles. The molecular formula is C26H30N2O7. The van der Waals surface area contributed by atoms with E-state index in [1.165, 1.54) is 11.1 Å². The molecule has 2 aromatic rings. The van der Waals surface area contributed by atoms with Gasteiger partial charge in [-0.25, -0.2) is 4.79 Å². The van der Waals surface area contributed by atoms with Crippen LogP contribution in [0.2, 0.25) is 0 Å². The Morgan fingerprint density at radius 2 is 1.71 bits per heavy atom. The Balaban J connectivity index is 1.14. The van der Waals surface area contributed by atoms with Crippen LogP contribution in [0, 0.1) is 0 Å². The molecular weight excluding hydrogens is 452 g/mol. The summed E-state index contributed by atoms with van der Waals surface area (Å²) in [5, 5.41) is 11.7. The van der Waals surface area contributed by atoms with Gasteiger partial charge >= 0.3 is 12.1 Å². The molecule has 1 aliphatic carbocycles. The summed E-state index contributed by atoms with van der Waals surface area (Å²) in [4.78, 5) is 37.2. The summed E-state index contributed by atoms with van der Waals surface area (Å²) < 4.78 is 16.2. The van der Waals surface area contributed by atoms with Crippen LogP contribution in [0.3, 0.4) is 0 Å². The van der Waals surface area contributed by atoms with Crippen LogP contribution in [0.5, 0.6) is 0 Å². The van der Waals surface area contributed by atoms with Gasteiger partial charge in [0, 0.05) is 19.0 Å². The number of hydrogen-bond donors (Lipinski definition) is 2. The Bertz CT molecular complexity index is 1010. The molecule has 35 heavy (non-hydrogen) atoms. The summed E-state index contributed by atoms with van der Waals surface area (Å²) in [5.74, 6) is -1.13. The number of benzene rings is 2. The number of hydrogen-bond acceptors (Lipinski definition) is 6. The van der Waals surface area contributed by atoms with E-state index in [0.29, 0.717) is 13.2 Å². The van der Waals surface area contributed by atoms with Crippen molar-refractivity contribution in [2.45, 2.75) is 24.8 Å². The Hall–Kier alpha value is -3.43. The topological polar surface area (TPSA) is 114 Å². The van der Waals surface area contributed by atoms with Crippen molar-refractivity contribution in [2.24, 2.45) is 0 Å². The second-order valence-electron chi connectivity index (χ2n) is 8.53. The smallest absolute Gasteiger partial charge is 0.407 e. The van der Waals surface area contributed by atoms with Crippen LogP contribution in [-0.4, -0.2) is 80.1 Å². The summed E-state index contributed by atoms with van der Waals surface area (Å²) in [6.07, 6.45) is -0.520. The molecule has 1 saturated heterocycles. The number of nitrogens with one attached hydrogen (secondary N) is 1. The number of carboxylic acid groups (broad SMARTS) is 1. The fourth-order valence-electron chi connectivity index (χ4n) is 4.63. The number of carboxylic acids is 1. The lowest BCUT2D eigenvalue weighted by molar-refractivity contribution is -0.146. The van der Waals surface area contributed by atoms with Crippen molar-refractivity contribution in [1.82, 2.24) is 10.2 Å². The van der Waals surface area contributed by atoms with Gasteiger partial charge in [-0.1, -0.05) is 48.5 Å². The normalized spacial score (nSPS) is 16.9. The molecule has 2 amide bonds. The van der Waals surface area contributed by atoms with E-state index in [0.717, 1.165) is 11.1 Å². The zero-order valence-corrected chi connectivity index (χ0v) is 19.5. The van der Waals surface area contributed by atoms with Gasteiger partial charge in [0.15, 0.2) is 0 Å². The average molecular weight is 483 g/mol. The maximum absolute atomic E-state index is 12.4. The van der Waals surface area contributed by atoms with E-state index in [4.69, 9.17) is 19.3 Å². The number of rotatable bonds is 10. The van der Waals surface area contributed by atoms with Gasteiger partial charge in [0.05, 0.1) is 45.3 Å². The highest BCUT2D eigenvalue weighted by atomic mass is 16.5. The number of aliphatic carboxylic acids is 1. The van der Waals surface area contributed by atoms with Gasteiger partial charge in [-0.2, -0.15) is 0 Å². The third-order valence-corrected chi connectivity index (χ3v) is 6.28. The molecule has 0 saturated carbocycles. The van der Waals surface area contributed by atoms with E-state index in [2.05, 4.69) is 29.6 Å². The molecule has 0 aromatic heterocycles. The predicted molar refractivity (Wildman–Crippen MR) is 127 cm³/mol. The summed E-state index contributed by atoms with van der Waals surface area (Å²) in [7, 11) is 0. The third-order valence-electron chi connectivity index (χ3n) is 6.28. The quantitative estimate of drug-likeness (QED) is 0.501. The number of amides is 2. The number of carbonyl (C=O) groups is 3. The number of ether oxygens (including phenoxy) is 3. The number of carbonyl (C=O) groups excluding carboxylic acids is 2. The lowest BCUT2D eigenvalue weighted by Gasteiger charge is -2.34. The molecule has 1 aliphatic heterocycles. The van der Waals surface area contributed by atoms with E-state index in [9.17, 15) is 14.4 Å². The van der Waals surface area contributed by atoms with Crippen LogP contribution in [0.25, 0.3) is 11.1 Å². The van der Waals surface area contributed by atoms with Crippen LogP contribution in [0.4, 0.5) is 4.79 Å². The highest BCUT2D eigenvalue weighted by molar-refractivity contribution is 5.79. The molecule has 186 valence electrons. The Morgan fingerprint density at radius 1 is 1.03 bits per heavy atom. The van der Waals surface area contributed by atoms with E-state index >= 15 is 0 Å². The van der Waals surface area contributed by atoms with Crippen LogP contribution < -0.4 is 5.32 Å². The highest BCUT2D eigenvalue weighted by Crippen LogP contribution is 2.44. The minimum Gasteiger partial charge on any atom is -0.481 e. The van der Waals surface area contributed by atoms with E-state index in [-0.39, 0.29) is 57.6 Å². The van der Waals surface area contributed by atoms with E-state index in [1.807, 2.05) is 24.3 Å². The van der Waals surface area contributed by atoms with Gasteiger partial charge < -0.3 is 29.5 Å². The fraction of sp³-hybridized carbons (Fsp3) is 0.423. The number of fused-ring (bicyclic) bond motifs is 3. The van der Waals surface area contributed by atoms with Crippen molar-refractivity contribution in [2.75, 3.05) is 46.1 Å². The molecule has 1 fully saturated rings. The van der Waals surface area contributed by atoms with Crippen molar-refractivity contribution in [3.8, 4) is 11.1 Å². The lowest BCUT2D eigenvalue weighted by Crippen LogP contribution is -2.49. The molecule has 2 aliphatic rings. The van der Waals surface area contributed by atoms with Gasteiger partial charge in [0.2, 0.25) is 5.91 Å². The number of alkyl carbamates (subject to hydrolysis) is 1. The van der Waals surface area contributed by atoms with E-state index in [1.54, 1.807) is 4.90 Å². The summed E-state index contributed by atoms with van der Waals surface area (Å²) >= 11 is 0. The summed E-state index contributed by atoms with van der Waals surface area (Å²) in [6.45, 7) is 1.91. The first-order valence-electron chi connectivity index (χ1n) is 11.8. The van der Waals surface area contributed by atoms with Gasteiger partial charge in [-0.15, -0.1) is 0 Å². The Labute approximate surface area is 204 Å². The molecule has 0 bridgehead atoms. The Morgan fingerprint density at radius 3 is 2.40 bits per heavy atom. The van der Waals surface area contributed by atoms with Crippen molar-refractivity contribution in [3.63, 3.8) is 0 Å². The zero-order chi connectivity index (χ0) is 24.6. The molecule has 4 rings (SSSR count). The molecule has 2 N–H and O–H groups in total. The lowest BCUT2D eigenvalue weighted by atomic mass is 9.98. The molecule has 9 nitrogen and oxygen atoms in total. The number of nitrogens with zero attached hydrogens (tertiary/aromatic N) is 1. The monoisotopic (exact) mass is 482 g/mol. The van der Waals surface area contributed by atoms with Crippen LogP contribution >= 0.6 is 0 Å². The maximum atomic E-state index is 12.4. The molecule has 0 spiro atoms. The molecule has 9 heteroatoms. The second-order valence-corrected chi connectivity index (χ2v) is 8.53. The molecule has 1 atom stereocenters. The van der Waals surface area contributed by atoms with Gasteiger partial charge in [-0.05, 0) is 22.3 Å². The first-order valence-corrected chi connectivity index (χ1v) is 11.8. The Kier molecular flexibility index (Phi) is 8.33. The van der Waals surface area contributed by atoms with Crippen molar-refractivity contribution in [1.29, 1.82) is 0 Å². The maximum Gasteiger partial charge on any atom is 0.407 e. The van der Waals surface area contributed by atoms with Crippen molar-refractivity contribution >= 4 is 18.0 Å². The molecule has 1 unspecified atom stereocenters. The fourth-order valence-corrected chi connectivity index (χ4v) is 4.63. The minimum atomic E-state index is -0.964. The standard InChI is InChI=1S/C26H30N2O7/c29-24(28-11-14-34-16-18(28)15-25(30)31)9-12-33-13-10-27-26(32)35-17-23-21-7-3-1-5-19(21)20-6-2-4-8-22(20)23/h1-8,18,23H,9-17H2,(H,27,32)(H,30,31). The van der Waals surface area contributed by atoms with Crippen molar-refractivity contribution < 1.29 is 33.7 Å². The largest absolute Gasteiger partial charge is 0.481 e. The van der Waals surface area contributed by atoms with Crippen LogP contribution in [0.1, 0.15) is 29.9 Å². The van der Waals surface area contributed by atoms with Crippen molar-refractivity contribution in [3.05, 3.63) is 59.7 Å². The van der Waals surface area contributed by atoms with Gasteiger partial charge in [-0.3, -0.25) is 9.59 Å². The summed E-state index contributed by atoms with van der Waals surface area (Å²) in [6, 6.07) is 15.8. The van der Waals surface area contributed by atoms with Crippen LogP contribution in [0.15, 0.2) is 48.5 Å². The third kappa shape index (κ3) is 6.17. The van der Waals surface area contributed by atoms with E-state index < -0.39 is 18.1 Å². The zero-order valence-electron chi connectivity index (χ0n) is 19.5. The second kappa shape index (κ2) is 11.8. The first-order chi connectivity index (χ1) is 17.0. The number of morpholine rings is 1. The SMILES string of the molecule is O=C(O)CC1COCCN1C(=O)CCOCCNC(=O)OCC1c2ccccc2-c2ccccc21. The van der Waals surface area contributed by atoms with Crippen LogP contribution in [-0.2, 0) is 23.8 Å². The molecule has 2 aromatic carbocycles. The predicted octanol–water partition coefficient (Wildman–Crippen LogP) is 2.63. The summed E-state index contributed by atoms with van der Waals surface area (Å²) in [5.41, 5.74) is 4.65. The van der Waals surface area contributed by atoms with Gasteiger partial charge in [0.25, 0.3) is 0 Å². The minimum absolute atomic E-state index is 0.000512. The average Bonchev–Trinajstić information content (AvgIpc) is 3.18. The molecule has 0 radical (unpaired) electrons. The first kappa shape index (κ1) is 24.7. The highest BCUT2D eigenvalue weighted by Gasteiger charge is 2.30.